The molecule has 1 aliphatic heterocycles. The van der Waals surface area contributed by atoms with Crippen LogP contribution in [-0.4, -0.2) is 42.3 Å². The molecule has 1 aromatic carbocycles. The van der Waals surface area contributed by atoms with Crippen molar-refractivity contribution in [3.63, 3.8) is 0 Å². The largest absolute Gasteiger partial charge is 0.396 e. The number of hydrogen-bond donors (Lipinski definition) is 2. The van der Waals surface area contributed by atoms with Crippen LogP contribution in [0.4, 0.5) is 4.79 Å². The lowest BCUT2D eigenvalue weighted by molar-refractivity contribution is 0.0519. The molecule has 0 saturated carbocycles. The number of carbonyl (C=O) groups is 1. The lowest BCUT2D eigenvalue weighted by atomic mass is 9.77. The van der Waals surface area contributed by atoms with E-state index in [0.29, 0.717) is 32.8 Å². The van der Waals surface area contributed by atoms with Gasteiger partial charge in [-0.15, -0.1) is 0 Å². The predicted molar refractivity (Wildman–Crippen MR) is 94.6 cm³/mol. The second-order valence-corrected chi connectivity index (χ2v) is 6.56. The number of rotatable bonds is 7. The van der Waals surface area contributed by atoms with Gasteiger partial charge in [0.15, 0.2) is 0 Å². The Hall–Kier alpha value is -1.59. The van der Waals surface area contributed by atoms with E-state index in [0.717, 1.165) is 30.4 Å². The van der Waals surface area contributed by atoms with Crippen molar-refractivity contribution in [2.45, 2.75) is 46.3 Å². The van der Waals surface area contributed by atoms with Gasteiger partial charge in [0, 0.05) is 32.8 Å². The first kappa shape index (κ1) is 18.7. The molecule has 1 fully saturated rings. The van der Waals surface area contributed by atoms with Gasteiger partial charge in [-0.05, 0) is 42.7 Å². The smallest absolute Gasteiger partial charge is 0.317 e. The van der Waals surface area contributed by atoms with E-state index in [4.69, 9.17) is 4.74 Å². The van der Waals surface area contributed by atoms with E-state index >= 15 is 0 Å². The number of hydrogen-bond acceptors (Lipinski definition) is 3. The maximum Gasteiger partial charge on any atom is 0.317 e. The van der Waals surface area contributed by atoms with E-state index in [-0.39, 0.29) is 18.1 Å². The van der Waals surface area contributed by atoms with E-state index < -0.39 is 0 Å². The molecule has 2 amide bonds. The number of aliphatic hydroxyl groups is 1. The van der Waals surface area contributed by atoms with Crippen LogP contribution in [0.1, 0.15) is 44.2 Å². The van der Waals surface area contributed by atoms with Crippen LogP contribution < -0.4 is 5.32 Å². The van der Waals surface area contributed by atoms with Crippen LogP contribution >= 0.6 is 0 Å². The minimum absolute atomic E-state index is 0.000864. The second-order valence-electron chi connectivity index (χ2n) is 6.56. The number of nitrogens with zero attached hydrogens (tertiary/aromatic N) is 1. The molecule has 1 heterocycles. The van der Waals surface area contributed by atoms with Gasteiger partial charge in [0.1, 0.15) is 0 Å². The summed E-state index contributed by atoms with van der Waals surface area (Å²) in [5, 5.41) is 12.6. The quantitative estimate of drug-likeness (QED) is 0.806. The Balaban J connectivity index is 1.86. The van der Waals surface area contributed by atoms with E-state index in [2.05, 4.69) is 12.2 Å². The molecule has 0 aromatic heterocycles. The lowest BCUT2D eigenvalue weighted by Crippen LogP contribution is -2.48. The molecule has 0 atom stereocenters. The van der Waals surface area contributed by atoms with Crippen LogP contribution in [0.5, 0.6) is 0 Å². The van der Waals surface area contributed by atoms with Crippen molar-refractivity contribution >= 4 is 6.03 Å². The molecule has 1 saturated heterocycles. The maximum absolute atomic E-state index is 12.4. The average Bonchev–Trinajstić information content (AvgIpc) is 2.65. The SMILES string of the molecule is CCOCc1ccccc1CNC(=O)N1CCC(CC)(CO)CC1. The van der Waals surface area contributed by atoms with Gasteiger partial charge in [-0.2, -0.15) is 0 Å². The van der Waals surface area contributed by atoms with Gasteiger partial charge in [-0.3, -0.25) is 0 Å². The van der Waals surface area contributed by atoms with Gasteiger partial charge in [0.2, 0.25) is 0 Å². The molecule has 5 heteroatoms. The van der Waals surface area contributed by atoms with Crippen molar-refractivity contribution in [1.29, 1.82) is 0 Å². The summed E-state index contributed by atoms with van der Waals surface area (Å²) in [6.45, 7) is 7.48. The number of benzene rings is 1. The summed E-state index contributed by atoms with van der Waals surface area (Å²) in [6, 6.07) is 8.01. The zero-order valence-electron chi connectivity index (χ0n) is 14.9. The van der Waals surface area contributed by atoms with Crippen LogP contribution in [0.2, 0.25) is 0 Å². The molecular weight excluding hydrogens is 304 g/mol. The van der Waals surface area contributed by atoms with Gasteiger partial charge in [-0.1, -0.05) is 31.2 Å². The molecule has 0 bridgehead atoms. The summed E-state index contributed by atoms with van der Waals surface area (Å²) in [6.07, 6.45) is 2.70. The molecule has 0 unspecified atom stereocenters. The Labute approximate surface area is 145 Å². The predicted octanol–water partition coefficient (Wildman–Crippen LogP) is 2.92. The Kier molecular flexibility index (Phi) is 7.06. The Bertz CT molecular complexity index is 519. The topological polar surface area (TPSA) is 61.8 Å². The summed E-state index contributed by atoms with van der Waals surface area (Å²) in [5.74, 6) is 0. The first-order chi connectivity index (χ1) is 11.6. The number of amides is 2. The standard InChI is InChI=1S/C19H30N2O3/c1-3-19(15-22)9-11-21(12-10-19)18(23)20-13-16-7-5-6-8-17(16)14-24-4-2/h5-8,22H,3-4,9-15H2,1-2H3,(H,20,23). The van der Waals surface area contributed by atoms with Crippen LogP contribution in [0.25, 0.3) is 0 Å². The molecule has 24 heavy (non-hydrogen) atoms. The number of piperidine rings is 1. The van der Waals surface area contributed by atoms with Gasteiger partial charge < -0.3 is 20.1 Å². The monoisotopic (exact) mass is 334 g/mol. The Morgan fingerprint density at radius 1 is 1.25 bits per heavy atom. The minimum Gasteiger partial charge on any atom is -0.396 e. The molecular formula is C19H30N2O3. The fraction of sp³-hybridized carbons (Fsp3) is 0.632. The molecule has 1 aliphatic rings. The average molecular weight is 334 g/mol. The first-order valence-electron chi connectivity index (χ1n) is 8.92. The maximum atomic E-state index is 12.4. The van der Waals surface area contributed by atoms with Gasteiger partial charge in [0.05, 0.1) is 6.61 Å². The van der Waals surface area contributed by atoms with Crippen molar-refractivity contribution in [3.05, 3.63) is 35.4 Å². The third-order valence-corrected chi connectivity index (χ3v) is 5.21. The fourth-order valence-corrected chi connectivity index (χ4v) is 3.17. The normalized spacial score (nSPS) is 16.9. The van der Waals surface area contributed by atoms with Crippen LogP contribution in [0.3, 0.4) is 0 Å². The van der Waals surface area contributed by atoms with Crippen molar-refractivity contribution in [3.8, 4) is 0 Å². The van der Waals surface area contributed by atoms with Crippen molar-refractivity contribution in [2.75, 3.05) is 26.3 Å². The summed E-state index contributed by atoms with van der Waals surface area (Å²) in [4.78, 5) is 14.3. The van der Waals surface area contributed by atoms with Crippen LogP contribution in [0, 0.1) is 5.41 Å². The number of nitrogens with one attached hydrogen (secondary N) is 1. The summed E-state index contributed by atoms with van der Waals surface area (Å²) >= 11 is 0. The number of aliphatic hydroxyl groups excluding tert-OH is 1. The third-order valence-electron chi connectivity index (χ3n) is 5.21. The molecule has 5 nitrogen and oxygen atoms in total. The highest BCUT2D eigenvalue weighted by molar-refractivity contribution is 5.74. The van der Waals surface area contributed by atoms with Gasteiger partial charge in [0.25, 0.3) is 0 Å². The molecule has 134 valence electrons. The highest BCUT2D eigenvalue weighted by Gasteiger charge is 2.33. The summed E-state index contributed by atoms with van der Waals surface area (Å²) < 4.78 is 5.48. The van der Waals surface area contributed by atoms with Gasteiger partial charge >= 0.3 is 6.03 Å². The highest BCUT2D eigenvalue weighted by atomic mass is 16.5. The summed E-state index contributed by atoms with van der Waals surface area (Å²) in [7, 11) is 0. The van der Waals surface area contributed by atoms with E-state index in [1.54, 1.807) is 0 Å². The third kappa shape index (κ3) is 4.71. The zero-order valence-corrected chi connectivity index (χ0v) is 14.9. The molecule has 1 aromatic rings. The number of ether oxygens (including phenoxy) is 1. The second kappa shape index (κ2) is 9.04. The highest BCUT2D eigenvalue weighted by Crippen LogP contribution is 2.34. The number of likely N-dealkylation sites (tertiary alicyclic amines) is 1. The number of carbonyl (C=O) groups excluding carboxylic acids is 1. The van der Waals surface area contributed by atoms with Gasteiger partial charge in [-0.25, -0.2) is 4.79 Å². The van der Waals surface area contributed by atoms with Crippen molar-refractivity contribution < 1.29 is 14.6 Å². The molecule has 0 aliphatic carbocycles. The minimum atomic E-state index is -0.0242. The number of urea groups is 1. The van der Waals surface area contributed by atoms with Crippen LogP contribution in [0.15, 0.2) is 24.3 Å². The van der Waals surface area contributed by atoms with E-state index in [1.807, 2.05) is 36.1 Å². The molecule has 0 spiro atoms. The molecule has 2 rings (SSSR count). The Morgan fingerprint density at radius 2 is 1.92 bits per heavy atom. The molecule has 0 radical (unpaired) electrons. The van der Waals surface area contributed by atoms with E-state index in [9.17, 15) is 9.90 Å². The van der Waals surface area contributed by atoms with Crippen molar-refractivity contribution in [1.82, 2.24) is 10.2 Å². The lowest BCUT2D eigenvalue weighted by Gasteiger charge is -2.40. The Morgan fingerprint density at radius 3 is 2.50 bits per heavy atom. The zero-order chi connectivity index (χ0) is 17.4. The van der Waals surface area contributed by atoms with E-state index in [1.165, 1.54) is 0 Å². The van der Waals surface area contributed by atoms with Crippen LogP contribution in [-0.2, 0) is 17.9 Å². The fourth-order valence-electron chi connectivity index (χ4n) is 3.17. The van der Waals surface area contributed by atoms with Crippen molar-refractivity contribution in [2.24, 2.45) is 5.41 Å². The first-order valence-corrected chi connectivity index (χ1v) is 8.92. The molecule has 2 N–H and O–H groups in total. The summed E-state index contributed by atoms with van der Waals surface area (Å²) in [5.41, 5.74) is 2.21.